The van der Waals surface area contributed by atoms with Gasteiger partial charge in [0.05, 0.1) is 10.4 Å². The lowest BCUT2D eigenvalue weighted by Gasteiger charge is -2.19. The molecule has 2 nitrogen and oxygen atoms in total. The molecule has 0 unspecified atom stereocenters. The van der Waals surface area contributed by atoms with Gasteiger partial charge in [-0.2, -0.15) is 0 Å². The van der Waals surface area contributed by atoms with Gasteiger partial charge >= 0.3 is 5.97 Å². The Bertz CT molecular complexity index is 388. The zero-order valence-corrected chi connectivity index (χ0v) is 10.9. The summed E-state index contributed by atoms with van der Waals surface area (Å²) in [7, 11) is 0. The van der Waals surface area contributed by atoms with Crippen LogP contribution in [0.1, 0.15) is 19.4 Å². The van der Waals surface area contributed by atoms with Gasteiger partial charge in [0.15, 0.2) is 0 Å². The number of carboxylic acid groups (broad SMARTS) is 1. The second kappa shape index (κ2) is 4.54. The van der Waals surface area contributed by atoms with E-state index in [0.29, 0.717) is 11.4 Å². The second-order valence-corrected chi connectivity index (χ2v) is 5.38. The van der Waals surface area contributed by atoms with Gasteiger partial charge in [-0.15, -0.1) is 0 Å². The van der Waals surface area contributed by atoms with E-state index in [1.807, 2.05) is 12.1 Å². The minimum atomic E-state index is -0.798. The van der Waals surface area contributed by atoms with Crippen molar-refractivity contribution in [3.8, 4) is 0 Å². The van der Waals surface area contributed by atoms with Gasteiger partial charge in [-0.3, -0.25) is 4.79 Å². The predicted molar refractivity (Wildman–Crippen MR) is 64.3 cm³/mol. The number of carboxylic acids is 1. The molecule has 1 N–H and O–H groups in total. The Morgan fingerprint density at radius 1 is 1.53 bits per heavy atom. The molecule has 1 aromatic carbocycles. The number of carbonyl (C=O) groups is 1. The van der Waals surface area contributed by atoms with Crippen molar-refractivity contribution in [2.75, 3.05) is 0 Å². The fraction of sp³-hybridized carbons (Fsp3) is 0.364. The average molecular weight is 292 g/mol. The van der Waals surface area contributed by atoms with E-state index in [1.165, 1.54) is 0 Å². The lowest BCUT2D eigenvalue weighted by atomic mass is 9.86. The molecular formula is C11H12BrClO2. The largest absolute Gasteiger partial charge is 0.481 e. The summed E-state index contributed by atoms with van der Waals surface area (Å²) in [6.45, 7) is 3.41. The minimum absolute atomic E-state index is 0.484. The van der Waals surface area contributed by atoms with Crippen LogP contribution in [0.25, 0.3) is 0 Å². The summed E-state index contributed by atoms with van der Waals surface area (Å²) < 4.78 is 0.794. The summed E-state index contributed by atoms with van der Waals surface area (Å²) in [5.41, 5.74) is 0.200. The first-order valence-electron chi connectivity index (χ1n) is 4.50. The number of aliphatic carboxylic acids is 1. The van der Waals surface area contributed by atoms with Crippen molar-refractivity contribution in [1.29, 1.82) is 0 Å². The normalized spacial score (nSPS) is 11.5. The Kier molecular flexibility index (Phi) is 3.79. The van der Waals surface area contributed by atoms with Crippen LogP contribution in [0.3, 0.4) is 0 Å². The molecule has 0 aromatic heterocycles. The standard InChI is InChI=1S/C11H12BrClO2/c1-11(2,10(14)15)6-7-3-4-9(13)8(12)5-7/h3-5H,6H2,1-2H3,(H,14,15). The molecule has 0 fully saturated rings. The summed E-state index contributed by atoms with van der Waals surface area (Å²) >= 11 is 9.16. The number of rotatable bonds is 3. The summed E-state index contributed by atoms with van der Waals surface area (Å²) in [6.07, 6.45) is 0.484. The molecule has 0 heterocycles. The van der Waals surface area contributed by atoms with Crippen LogP contribution in [0.5, 0.6) is 0 Å². The molecule has 0 saturated carbocycles. The van der Waals surface area contributed by atoms with Crippen molar-refractivity contribution >= 4 is 33.5 Å². The average Bonchev–Trinajstić information content (AvgIpc) is 2.10. The quantitative estimate of drug-likeness (QED) is 0.921. The third-order valence-electron chi connectivity index (χ3n) is 2.21. The molecule has 1 aromatic rings. The smallest absolute Gasteiger partial charge is 0.309 e. The van der Waals surface area contributed by atoms with Crippen LogP contribution in [0, 0.1) is 5.41 Å². The van der Waals surface area contributed by atoms with Crippen LogP contribution in [-0.4, -0.2) is 11.1 Å². The molecule has 0 atom stereocenters. The topological polar surface area (TPSA) is 37.3 Å². The van der Waals surface area contributed by atoms with Crippen molar-refractivity contribution < 1.29 is 9.90 Å². The summed E-state index contributed by atoms with van der Waals surface area (Å²) in [4.78, 5) is 10.9. The van der Waals surface area contributed by atoms with Gasteiger partial charge in [0, 0.05) is 4.47 Å². The third-order valence-corrected chi connectivity index (χ3v) is 3.42. The van der Waals surface area contributed by atoms with Gasteiger partial charge in [-0.25, -0.2) is 0 Å². The molecule has 0 bridgehead atoms. The Hall–Kier alpha value is -0.540. The van der Waals surface area contributed by atoms with Crippen molar-refractivity contribution in [2.24, 2.45) is 5.41 Å². The first kappa shape index (κ1) is 12.5. The first-order chi connectivity index (χ1) is 6.83. The van der Waals surface area contributed by atoms with Crippen molar-refractivity contribution in [3.05, 3.63) is 33.3 Å². The van der Waals surface area contributed by atoms with Gasteiger partial charge in [-0.05, 0) is 53.9 Å². The van der Waals surface area contributed by atoms with Gasteiger partial charge in [0.2, 0.25) is 0 Å². The van der Waals surface area contributed by atoms with E-state index in [4.69, 9.17) is 16.7 Å². The molecular weight excluding hydrogens is 279 g/mol. The first-order valence-corrected chi connectivity index (χ1v) is 5.67. The molecule has 82 valence electrons. The van der Waals surface area contributed by atoms with Crippen LogP contribution in [0.15, 0.2) is 22.7 Å². The maximum absolute atomic E-state index is 10.9. The molecule has 0 aliphatic heterocycles. The maximum Gasteiger partial charge on any atom is 0.309 e. The zero-order chi connectivity index (χ0) is 11.6. The number of hydrogen-bond acceptors (Lipinski definition) is 1. The van der Waals surface area contributed by atoms with E-state index in [1.54, 1.807) is 19.9 Å². The van der Waals surface area contributed by atoms with Crippen LogP contribution in [0.2, 0.25) is 5.02 Å². The zero-order valence-electron chi connectivity index (χ0n) is 8.55. The maximum atomic E-state index is 10.9. The van der Waals surface area contributed by atoms with Crippen LogP contribution in [0.4, 0.5) is 0 Å². The molecule has 0 aliphatic carbocycles. The van der Waals surface area contributed by atoms with E-state index in [2.05, 4.69) is 15.9 Å². The highest BCUT2D eigenvalue weighted by atomic mass is 79.9. The van der Waals surface area contributed by atoms with E-state index in [-0.39, 0.29) is 0 Å². The predicted octanol–water partition coefficient (Wildman–Crippen LogP) is 3.76. The summed E-state index contributed by atoms with van der Waals surface area (Å²) in [6, 6.07) is 5.46. The van der Waals surface area contributed by atoms with E-state index >= 15 is 0 Å². The lowest BCUT2D eigenvalue weighted by molar-refractivity contribution is -0.146. The molecule has 0 amide bonds. The van der Waals surface area contributed by atoms with Gasteiger partial charge in [-0.1, -0.05) is 17.7 Å². The molecule has 0 aliphatic rings. The van der Waals surface area contributed by atoms with Gasteiger partial charge in [0.25, 0.3) is 0 Å². The molecule has 1 rings (SSSR count). The molecule has 0 radical (unpaired) electrons. The van der Waals surface area contributed by atoms with Crippen LogP contribution in [-0.2, 0) is 11.2 Å². The third kappa shape index (κ3) is 3.21. The van der Waals surface area contributed by atoms with Crippen molar-refractivity contribution in [3.63, 3.8) is 0 Å². The van der Waals surface area contributed by atoms with Crippen molar-refractivity contribution in [2.45, 2.75) is 20.3 Å². The van der Waals surface area contributed by atoms with E-state index in [0.717, 1.165) is 10.0 Å². The molecule has 15 heavy (non-hydrogen) atoms. The summed E-state index contributed by atoms with van der Waals surface area (Å²) in [5.74, 6) is -0.798. The number of hydrogen-bond donors (Lipinski definition) is 1. The van der Waals surface area contributed by atoms with Crippen LogP contribution >= 0.6 is 27.5 Å². The highest BCUT2D eigenvalue weighted by Crippen LogP contribution is 2.27. The number of halogens is 2. The molecule has 4 heteroatoms. The Morgan fingerprint density at radius 2 is 2.13 bits per heavy atom. The van der Waals surface area contributed by atoms with E-state index < -0.39 is 11.4 Å². The minimum Gasteiger partial charge on any atom is -0.481 e. The van der Waals surface area contributed by atoms with E-state index in [9.17, 15) is 4.79 Å². The SMILES string of the molecule is CC(C)(Cc1ccc(Cl)c(Br)c1)C(=O)O. The highest BCUT2D eigenvalue weighted by molar-refractivity contribution is 9.10. The molecule has 0 spiro atoms. The fourth-order valence-corrected chi connectivity index (χ4v) is 1.78. The second-order valence-electron chi connectivity index (χ2n) is 4.11. The Labute approximate surface area is 102 Å². The lowest BCUT2D eigenvalue weighted by Crippen LogP contribution is -2.26. The Balaban J connectivity index is 2.91. The monoisotopic (exact) mass is 290 g/mol. The van der Waals surface area contributed by atoms with Crippen molar-refractivity contribution in [1.82, 2.24) is 0 Å². The van der Waals surface area contributed by atoms with Crippen LogP contribution < -0.4 is 0 Å². The fourth-order valence-electron chi connectivity index (χ4n) is 1.24. The van der Waals surface area contributed by atoms with Gasteiger partial charge < -0.3 is 5.11 Å². The number of benzene rings is 1. The molecule has 0 saturated heterocycles. The highest BCUT2D eigenvalue weighted by Gasteiger charge is 2.27. The Morgan fingerprint density at radius 3 is 2.60 bits per heavy atom. The van der Waals surface area contributed by atoms with Gasteiger partial charge in [0.1, 0.15) is 0 Å². The summed E-state index contributed by atoms with van der Waals surface area (Å²) in [5, 5.41) is 9.62.